The fraction of sp³-hybridized carbons (Fsp3) is 0.400. The molecule has 0 saturated heterocycles. The van der Waals surface area contributed by atoms with Crippen LogP contribution in [0.4, 0.5) is 4.39 Å². The number of rotatable bonds is 4. The van der Waals surface area contributed by atoms with Crippen molar-refractivity contribution < 1.29 is 4.39 Å². The van der Waals surface area contributed by atoms with E-state index in [-0.39, 0.29) is 11.9 Å². The maximum atomic E-state index is 14.1. The summed E-state index contributed by atoms with van der Waals surface area (Å²) in [5.41, 5.74) is 3.56. The summed E-state index contributed by atoms with van der Waals surface area (Å²) in [4.78, 5) is 0. The van der Waals surface area contributed by atoms with Gasteiger partial charge >= 0.3 is 0 Å². The second-order valence-electron chi connectivity index (χ2n) is 4.71. The van der Waals surface area contributed by atoms with E-state index < -0.39 is 0 Å². The summed E-state index contributed by atoms with van der Waals surface area (Å²) in [5, 5.41) is 7.45. The maximum absolute atomic E-state index is 14.1. The minimum Gasteiger partial charge on any atom is -0.313 e. The van der Waals surface area contributed by atoms with Crippen molar-refractivity contribution in [3.63, 3.8) is 0 Å². The van der Waals surface area contributed by atoms with Gasteiger partial charge in [0.1, 0.15) is 5.82 Å². The van der Waals surface area contributed by atoms with E-state index in [1.165, 1.54) is 6.07 Å². The van der Waals surface area contributed by atoms with Crippen molar-refractivity contribution in [3.8, 4) is 11.1 Å². The molecule has 1 heterocycles. The first kappa shape index (κ1) is 13.7. The lowest BCUT2D eigenvalue weighted by molar-refractivity contribution is 0.621. The smallest absolute Gasteiger partial charge is 0.131 e. The monoisotopic (exact) mass is 261 g/mol. The zero-order valence-electron chi connectivity index (χ0n) is 11.9. The Labute approximate surface area is 113 Å². The molecule has 0 bridgehead atoms. The Bertz CT molecular complexity index is 575. The van der Waals surface area contributed by atoms with E-state index in [1.54, 1.807) is 6.20 Å². The average molecular weight is 261 g/mol. The molecule has 0 amide bonds. The molecular formula is C15H20FN3. The first-order valence-corrected chi connectivity index (χ1v) is 6.58. The maximum Gasteiger partial charge on any atom is 0.131 e. The Hall–Kier alpha value is -1.68. The number of hydrogen-bond acceptors (Lipinski definition) is 2. The molecule has 0 spiro atoms. The second kappa shape index (κ2) is 5.53. The lowest BCUT2D eigenvalue weighted by Crippen LogP contribution is -2.12. The van der Waals surface area contributed by atoms with Gasteiger partial charge in [-0.25, -0.2) is 4.39 Å². The van der Waals surface area contributed by atoms with Gasteiger partial charge in [-0.1, -0.05) is 6.07 Å². The number of aryl methyl sites for hydroxylation is 1. The number of nitrogens with zero attached hydrogens (tertiary/aromatic N) is 2. The molecular weight excluding hydrogens is 241 g/mol. The predicted octanol–water partition coefficient (Wildman–Crippen LogP) is 3.30. The quantitative estimate of drug-likeness (QED) is 0.915. The highest BCUT2D eigenvalue weighted by molar-refractivity contribution is 5.66. The largest absolute Gasteiger partial charge is 0.313 e. The van der Waals surface area contributed by atoms with Crippen molar-refractivity contribution in [2.75, 3.05) is 7.05 Å². The normalized spacial score (nSPS) is 12.7. The molecule has 1 aromatic carbocycles. The molecule has 1 unspecified atom stereocenters. The predicted molar refractivity (Wildman–Crippen MR) is 75.5 cm³/mol. The van der Waals surface area contributed by atoms with E-state index in [0.29, 0.717) is 5.56 Å². The molecule has 1 atom stereocenters. The van der Waals surface area contributed by atoms with Gasteiger partial charge in [-0.05, 0) is 45.5 Å². The summed E-state index contributed by atoms with van der Waals surface area (Å²) in [7, 11) is 1.90. The number of nitrogens with one attached hydrogen (secondary N) is 1. The Kier molecular flexibility index (Phi) is 4.00. The number of hydrogen-bond donors (Lipinski definition) is 1. The minimum atomic E-state index is -0.203. The lowest BCUT2D eigenvalue weighted by atomic mass is 10.00. The highest BCUT2D eigenvalue weighted by atomic mass is 19.1. The average Bonchev–Trinajstić information content (AvgIpc) is 2.79. The second-order valence-corrected chi connectivity index (χ2v) is 4.71. The Morgan fingerprint density at radius 3 is 2.68 bits per heavy atom. The van der Waals surface area contributed by atoms with Crippen molar-refractivity contribution in [2.24, 2.45) is 0 Å². The van der Waals surface area contributed by atoms with E-state index in [2.05, 4.69) is 17.3 Å². The van der Waals surface area contributed by atoms with Crippen LogP contribution in [-0.2, 0) is 6.54 Å². The molecule has 0 fully saturated rings. The van der Waals surface area contributed by atoms with E-state index in [9.17, 15) is 4.39 Å². The summed E-state index contributed by atoms with van der Waals surface area (Å²) in [6, 6.07) is 5.45. The molecule has 2 aromatic rings. The molecule has 0 saturated carbocycles. The molecule has 19 heavy (non-hydrogen) atoms. The molecule has 2 rings (SSSR count). The Morgan fingerprint density at radius 2 is 2.11 bits per heavy atom. The highest BCUT2D eigenvalue weighted by Crippen LogP contribution is 2.28. The summed E-state index contributed by atoms with van der Waals surface area (Å²) in [5.74, 6) is -0.203. The van der Waals surface area contributed by atoms with E-state index in [4.69, 9.17) is 0 Å². The molecule has 102 valence electrons. The van der Waals surface area contributed by atoms with Gasteiger partial charge in [0.15, 0.2) is 0 Å². The van der Waals surface area contributed by atoms with Crippen LogP contribution in [0.25, 0.3) is 11.1 Å². The van der Waals surface area contributed by atoms with Crippen molar-refractivity contribution in [2.45, 2.75) is 33.4 Å². The Morgan fingerprint density at radius 1 is 1.37 bits per heavy atom. The third-order valence-electron chi connectivity index (χ3n) is 3.62. The molecule has 1 aromatic heterocycles. The van der Waals surface area contributed by atoms with Crippen LogP contribution in [-0.4, -0.2) is 16.8 Å². The number of halogens is 1. The van der Waals surface area contributed by atoms with Gasteiger partial charge in [-0.15, -0.1) is 0 Å². The lowest BCUT2D eigenvalue weighted by Gasteiger charge is -2.13. The van der Waals surface area contributed by atoms with Crippen LogP contribution in [0.5, 0.6) is 0 Å². The standard InChI is InChI=1S/C15H20FN3/c1-5-19-11(3)14(9-18-19)13-8-12(10(2)17-4)6-7-15(13)16/h6-10,17H,5H2,1-4H3. The number of benzene rings is 1. The van der Waals surface area contributed by atoms with Gasteiger partial charge in [0.2, 0.25) is 0 Å². The van der Waals surface area contributed by atoms with Crippen LogP contribution in [0.15, 0.2) is 24.4 Å². The summed E-state index contributed by atoms with van der Waals surface area (Å²) >= 11 is 0. The van der Waals surface area contributed by atoms with Crippen LogP contribution < -0.4 is 5.32 Å². The summed E-state index contributed by atoms with van der Waals surface area (Å²) < 4.78 is 15.9. The van der Waals surface area contributed by atoms with Crippen molar-refractivity contribution in [1.29, 1.82) is 0 Å². The fourth-order valence-electron chi connectivity index (χ4n) is 2.22. The van der Waals surface area contributed by atoms with Gasteiger partial charge in [-0.2, -0.15) is 5.10 Å². The van der Waals surface area contributed by atoms with Crippen LogP contribution in [0.3, 0.4) is 0 Å². The van der Waals surface area contributed by atoms with Crippen LogP contribution >= 0.6 is 0 Å². The van der Waals surface area contributed by atoms with Crippen molar-refractivity contribution in [3.05, 3.63) is 41.5 Å². The molecule has 3 nitrogen and oxygen atoms in total. The van der Waals surface area contributed by atoms with E-state index >= 15 is 0 Å². The third-order valence-corrected chi connectivity index (χ3v) is 3.62. The van der Waals surface area contributed by atoms with Crippen LogP contribution in [0.1, 0.15) is 31.1 Å². The molecule has 0 aliphatic rings. The molecule has 0 aliphatic heterocycles. The Balaban J connectivity index is 2.51. The topological polar surface area (TPSA) is 29.9 Å². The van der Waals surface area contributed by atoms with Gasteiger partial charge < -0.3 is 5.32 Å². The van der Waals surface area contributed by atoms with Gasteiger partial charge in [0, 0.05) is 29.4 Å². The van der Waals surface area contributed by atoms with Crippen molar-refractivity contribution in [1.82, 2.24) is 15.1 Å². The summed E-state index contributed by atoms with van der Waals surface area (Å²) in [6.45, 7) is 6.85. The van der Waals surface area contributed by atoms with Gasteiger partial charge in [-0.3, -0.25) is 4.68 Å². The summed E-state index contributed by atoms with van der Waals surface area (Å²) in [6.07, 6.45) is 1.74. The number of aromatic nitrogens is 2. The van der Waals surface area contributed by atoms with Gasteiger partial charge in [0.25, 0.3) is 0 Å². The van der Waals surface area contributed by atoms with E-state index in [1.807, 2.05) is 37.7 Å². The SMILES string of the molecule is CCn1ncc(-c2cc(C(C)NC)ccc2F)c1C. The zero-order valence-corrected chi connectivity index (χ0v) is 11.9. The molecule has 4 heteroatoms. The van der Waals surface area contributed by atoms with Crippen LogP contribution in [0, 0.1) is 12.7 Å². The zero-order chi connectivity index (χ0) is 14.0. The van der Waals surface area contributed by atoms with Gasteiger partial charge in [0.05, 0.1) is 6.20 Å². The molecule has 0 radical (unpaired) electrons. The first-order valence-electron chi connectivity index (χ1n) is 6.58. The third kappa shape index (κ3) is 2.54. The van der Waals surface area contributed by atoms with Crippen LogP contribution in [0.2, 0.25) is 0 Å². The van der Waals surface area contributed by atoms with E-state index in [0.717, 1.165) is 23.4 Å². The molecule has 0 aliphatic carbocycles. The molecule has 1 N–H and O–H groups in total. The minimum absolute atomic E-state index is 0.195. The highest BCUT2D eigenvalue weighted by Gasteiger charge is 2.14. The van der Waals surface area contributed by atoms with Crippen molar-refractivity contribution >= 4 is 0 Å². The first-order chi connectivity index (χ1) is 9.08. The fourth-order valence-corrected chi connectivity index (χ4v) is 2.22.